The molecule has 190 valence electrons. The van der Waals surface area contributed by atoms with Gasteiger partial charge in [-0.2, -0.15) is 0 Å². The lowest BCUT2D eigenvalue weighted by molar-refractivity contribution is -0.0591. The molecule has 0 radical (unpaired) electrons. The van der Waals surface area contributed by atoms with Gasteiger partial charge in [0, 0.05) is 52.4 Å². The number of methoxy groups -OCH3 is 1. The van der Waals surface area contributed by atoms with Gasteiger partial charge in [0.1, 0.15) is 24.2 Å². The standard InChI is InChI=1S/C27H37N3O5/c1-21-7-3-5-9-25(21)35-20-22(31)17-29-15-16-34-23(19-29)18-28-11-13-30(14-12-28)27(32)24-8-4-6-10-26(24)33-2/h3-10,22-23,31H,11-20H2,1-2H3. The van der Waals surface area contributed by atoms with Crippen molar-refractivity contribution in [3.05, 3.63) is 59.7 Å². The summed E-state index contributed by atoms with van der Waals surface area (Å²) < 4.78 is 17.2. The number of carbonyl (C=O) groups is 1. The van der Waals surface area contributed by atoms with Crippen molar-refractivity contribution in [3.63, 3.8) is 0 Å². The van der Waals surface area contributed by atoms with E-state index in [9.17, 15) is 9.90 Å². The van der Waals surface area contributed by atoms with Crippen LogP contribution in [0.1, 0.15) is 15.9 Å². The van der Waals surface area contributed by atoms with Gasteiger partial charge in [-0.15, -0.1) is 0 Å². The monoisotopic (exact) mass is 483 g/mol. The molecule has 0 bridgehead atoms. The number of nitrogens with zero attached hydrogens (tertiary/aromatic N) is 3. The fourth-order valence-electron chi connectivity index (χ4n) is 4.72. The Morgan fingerprint density at radius 1 is 1.03 bits per heavy atom. The van der Waals surface area contributed by atoms with E-state index in [0.29, 0.717) is 37.6 Å². The normalized spacial score (nSPS) is 20.4. The van der Waals surface area contributed by atoms with Gasteiger partial charge in [-0.05, 0) is 30.7 Å². The molecule has 2 aromatic rings. The van der Waals surface area contributed by atoms with Crippen molar-refractivity contribution in [1.29, 1.82) is 0 Å². The van der Waals surface area contributed by atoms with Crippen molar-refractivity contribution in [2.45, 2.75) is 19.1 Å². The summed E-state index contributed by atoms with van der Waals surface area (Å²) in [5, 5.41) is 10.5. The predicted molar refractivity (Wildman–Crippen MR) is 134 cm³/mol. The Morgan fingerprint density at radius 2 is 1.74 bits per heavy atom. The number of amides is 1. The number of piperazine rings is 1. The van der Waals surface area contributed by atoms with Gasteiger partial charge in [0.05, 0.1) is 25.4 Å². The van der Waals surface area contributed by atoms with Gasteiger partial charge in [-0.25, -0.2) is 0 Å². The number of aliphatic hydroxyl groups excluding tert-OH is 1. The molecule has 2 fully saturated rings. The maximum absolute atomic E-state index is 12.9. The van der Waals surface area contributed by atoms with E-state index in [4.69, 9.17) is 14.2 Å². The second-order valence-corrected chi connectivity index (χ2v) is 9.28. The number of aliphatic hydroxyl groups is 1. The Labute approximate surface area is 208 Å². The summed E-state index contributed by atoms with van der Waals surface area (Å²) in [6, 6.07) is 15.2. The molecule has 0 aromatic heterocycles. The molecule has 1 N–H and O–H groups in total. The van der Waals surface area contributed by atoms with E-state index < -0.39 is 6.10 Å². The Hall–Kier alpha value is -2.65. The van der Waals surface area contributed by atoms with Crippen LogP contribution in [0.2, 0.25) is 0 Å². The summed E-state index contributed by atoms with van der Waals surface area (Å²) in [5.41, 5.74) is 1.68. The summed E-state index contributed by atoms with van der Waals surface area (Å²) in [4.78, 5) is 19.5. The first-order valence-corrected chi connectivity index (χ1v) is 12.4. The molecule has 2 aliphatic rings. The van der Waals surface area contributed by atoms with Crippen molar-refractivity contribution in [1.82, 2.24) is 14.7 Å². The van der Waals surface area contributed by atoms with E-state index >= 15 is 0 Å². The summed E-state index contributed by atoms with van der Waals surface area (Å²) in [6.07, 6.45) is -0.470. The number of β-amino-alcohol motifs (C(OH)–C–C–N with tert-alkyl or cyclic N) is 1. The van der Waals surface area contributed by atoms with E-state index in [-0.39, 0.29) is 18.6 Å². The van der Waals surface area contributed by atoms with Crippen molar-refractivity contribution >= 4 is 5.91 Å². The van der Waals surface area contributed by atoms with Crippen LogP contribution in [0, 0.1) is 6.92 Å². The molecule has 2 heterocycles. The second-order valence-electron chi connectivity index (χ2n) is 9.28. The number of benzene rings is 2. The average molecular weight is 484 g/mol. The largest absolute Gasteiger partial charge is 0.496 e. The Morgan fingerprint density at radius 3 is 2.49 bits per heavy atom. The highest BCUT2D eigenvalue weighted by atomic mass is 16.5. The number of para-hydroxylation sites is 2. The van der Waals surface area contributed by atoms with Crippen molar-refractivity contribution in [2.24, 2.45) is 0 Å². The van der Waals surface area contributed by atoms with E-state index in [1.54, 1.807) is 7.11 Å². The van der Waals surface area contributed by atoms with E-state index in [1.807, 2.05) is 60.4 Å². The zero-order valence-corrected chi connectivity index (χ0v) is 20.8. The molecule has 1 amide bonds. The van der Waals surface area contributed by atoms with E-state index in [2.05, 4.69) is 9.80 Å². The van der Waals surface area contributed by atoms with E-state index in [0.717, 1.165) is 44.0 Å². The lowest BCUT2D eigenvalue weighted by Gasteiger charge is -2.39. The Kier molecular flexibility index (Phi) is 8.98. The van der Waals surface area contributed by atoms with Crippen LogP contribution in [0.15, 0.2) is 48.5 Å². The summed E-state index contributed by atoms with van der Waals surface area (Å²) in [5.74, 6) is 1.45. The minimum absolute atomic E-state index is 0.0177. The highest BCUT2D eigenvalue weighted by molar-refractivity contribution is 5.97. The maximum Gasteiger partial charge on any atom is 0.257 e. The summed E-state index contributed by atoms with van der Waals surface area (Å²) in [7, 11) is 1.59. The smallest absolute Gasteiger partial charge is 0.257 e. The van der Waals surface area contributed by atoms with Gasteiger partial charge < -0.3 is 24.2 Å². The van der Waals surface area contributed by atoms with Crippen LogP contribution in [0.25, 0.3) is 0 Å². The average Bonchev–Trinajstić information content (AvgIpc) is 2.88. The van der Waals surface area contributed by atoms with Crippen molar-refractivity contribution < 1.29 is 24.1 Å². The third-order valence-electron chi connectivity index (χ3n) is 6.68. The number of hydrogen-bond acceptors (Lipinski definition) is 7. The zero-order valence-electron chi connectivity index (χ0n) is 20.8. The zero-order chi connectivity index (χ0) is 24.6. The number of aryl methyl sites for hydroxylation is 1. The highest BCUT2D eigenvalue weighted by Crippen LogP contribution is 2.21. The molecule has 2 atom stereocenters. The molecule has 2 saturated heterocycles. The van der Waals surface area contributed by atoms with Crippen molar-refractivity contribution in [3.8, 4) is 11.5 Å². The first kappa shape index (κ1) is 25.4. The lowest BCUT2D eigenvalue weighted by Crippen LogP contribution is -2.54. The number of morpholine rings is 1. The van der Waals surface area contributed by atoms with Gasteiger partial charge in [0.25, 0.3) is 5.91 Å². The predicted octanol–water partition coefficient (Wildman–Crippen LogP) is 1.90. The first-order chi connectivity index (χ1) is 17.0. The molecule has 0 saturated carbocycles. The molecule has 0 aliphatic carbocycles. The molecular formula is C27H37N3O5. The maximum atomic E-state index is 12.9. The number of carbonyl (C=O) groups excluding carboxylic acids is 1. The van der Waals surface area contributed by atoms with Crippen LogP contribution in [0.4, 0.5) is 0 Å². The summed E-state index contributed by atoms with van der Waals surface area (Å²) in [6.45, 7) is 8.89. The molecule has 2 unspecified atom stereocenters. The van der Waals surface area contributed by atoms with Crippen LogP contribution in [0.5, 0.6) is 11.5 Å². The van der Waals surface area contributed by atoms with Gasteiger partial charge in [-0.3, -0.25) is 14.6 Å². The SMILES string of the molecule is COc1ccccc1C(=O)N1CCN(CC2CN(CC(O)COc3ccccc3C)CCO2)CC1. The van der Waals surface area contributed by atoms with Gasteiger partial charge in [-0.1, -0.05) is 30.3 Å². The highest BCUT2D eigenvalue weighted by Gasteiger charge is 2.28. The van der Waals surface area contributed by atoms with Crippen LogP contribution < -0.4 is 9.47 Å². The van der Waals surface area contributed by atoms with Crippen LogP contribution in [-0.2, 0) is 4.74 Å². The van der Waals surface area contributed by atoms with Gasteiger partial charge in [0.15, 0.2) is 0 Å². The first-order valence-electron chi connectivity index (χ1n) is 12.4. The fourth-order valence-corrected chi connectivity index (χ4v) is 4.72. The molecule has 35 heavy (non-hydrogen) atoms. The lowest BCUT2D eigenvalue weighted by atomic mass is 10.1. The quantitative estimate of drug-likeness (QED) is 0.584. The summed E-state index contributed by atoms with van der Waals surface area (Å²) >= 11 is 0. The molecule has 8 heteroatoms. The molecule has 2 aliphatic heterocycles. The van der Waals surface area contributed by atoms with Crippen LogP contribution >= 0.6 is 0 Å². The molecular weight excluding hydrogens is 446 g/mol. The molecule has 0 spiro atoms. The number of ether oxygens (including phenoxy) is 3. The number of hydrogen-bond donors (Lipinski definition) is 1. The van der Waals surface area contributed by atoms with Gasteiger partial charge in [0.2, 0.25) is 0 Å². The fraction of sp³-hybridized carbons (Fsp3) is 0.519. The Balaban J connectivity index is 1.20. The minimum Gasteiger partial charge on any atom is -0.496 e. The number of rotatable bonds is 9. The van der Waals surface area contributed by atoms with E-state index in [1.165, 1.54) is 0 Å². The Bertz CT molecular complexity index is 963. The molecule has 2 aromatic carbocycles. The minimum atomic E-state index is -0.558. The molecule has 8 nitrogen and oxygen atoms in total. The van der Waals surface area contributed by atoms with Crippen molar-refractivity contribution in [2.75, 3.05) is 72.7 Å². The second kappa shape index (κ2) is 12.4. The van der Waals surface area contributed by atoms with Crippen LogP contribution in [-0.4, -0.2) is 111 Å². The molecule has 4 rings (SSSR count). The van der Waals surface area contributed by atoms with Gasteiger partial charge >= 0.3 is 0 Å². The topological polar surface area (TPSA) is 74.7 Å². The third-order valence-corrected chi connectivity index (χ3v) is 6.68. The third kappa shape index (κ3) is 6.95. The van der Waals surface area contributed by atoms with Crippen LogP contribution in [0.3, 0.4) is 0 Å².